The molecule has 2 aliphatic heterocycles. The molecule has 176 valence electrons. The van der Waals surface area contributed by atoms with Gasteiger partial charge in [-0.15, -0.1) is 24.0 Å². The maximum absolute atomic E-state index is 12.5. The quantitative estimate of drug-likeness (QED) is 0.277. The van der Waals surface area contributed by atoms with Crippen molar-refractivity contribution in [1.29, 1.82) is 0 Å². The minimum absolute atomic E-state index is 0. The number of nitrogens with one attached hydrogen (secondary N) is 2. The molecule has 1 saturated carbocycles. The van der Waals surface area contributed by atoms with Crippen molar-refractivity contribution in [2.45, 2.75) is 64.0 Å². The Balaban J connectivity index is 0.00000320. The molecule has 0 amide bonds. The van der Waals surface area contributed by atoms with Gasteiger partial charge in [-0.25, -0.2) is 12.7 Å². The van der Waals surface area contributed by atoms with E-state index in [-0.39, 0.29) is 29.7 Å². The molecule has 3 rings (SSSR count). The summed E-state index contributed by atoms with van der Waals surface area (Å²) in [7, 11) is -3.20. The molecule has 0 spiro atoms. The van der Waals surface area contributed by atoms with E-state index < -0.39 is 10.0 Å². The summed E-state index contributed by atoms with van der Waals surface area (Å²) >= 11 is 1.82. The van der Waals surface area contributed by atoms with E-state index in [1.54, 1.807) is 4.31 Å². The third kappa shape index (κ3) is 8.29. The molecule has 2 heterocycles. The van der Waals surface area contributed by atoms with Gasteiger partial charge in [-0.05, 0) is 32.6 Å². The standard InChI is InChI=1S/C20H39N5O2S2.HI/c1-2-21-20(22-10-17-29(26,27)25-13-15-28-16-14-25)23-18-8-11-24(12-9-18)19-6-4-3-5-7-19;/h18-19H,2-17H2,1H3,(H2,21,22,23);1H. The lowest BCUT2D eigenvalue weighted by Crippen LogP contribution is -2.51. The molecule has 30 heavy (non-hydrogen) atoms. The molecule has 0 aromatic rings. The number of likely N-dealkylation sites (tertiary alicyclic amines) is 1. The van der Waals surface area contributed by atoms with Gasteiger partial charge in [0, 0.05) is 56.3 Å². The number of aliphatic imine (C=N–C) groups is 1. The second kappa shape index (κ2) is 13.7. The zero-order valence-electron chi connectivity index (χ0n) is 18.4. The molecule has 10 heteroatoms. The molecule has 3 aliphatic rings. The van der Waals surface area contributed by atoms with Crippen molar-refractivity contribution in [3.05, 3.63) is 0 Å². The van der Waals surface area contributed by atoms with E-state index in [9.17, 15) is 8.42 Å². The molecular formula is C20H40IN5O2S2. The average molecular weight is 574 g/mol. The van der Waals surface area contributed by atoms with E-state index in [4.69, 9.17) is 0 Å². The van der Waals surface area contributed by atoms with Crippen LogP contribution in [-0.2, 0) is 10.0 Å². The topological polar surface area (TPSA) is 77.0 Å². The Hall–Kier alpha value is 0.220. The van der Waals surface area contributed by atoms with Crippen molar-refractivity contribution in [3.8, 4) is 0 Å². The van der Waals surface area contributed by atoms with Crippen LogP contribution in [0.25, 0.3) is 0 Å². The average Bonchev–Trinajstić information content (AvgIpc) is 2.75. The minimum Gasteiger partial charge on any atom is -0.357 e. The van der Waals surface area contributed by atoms with Crippen molar-refractivity contribution in [2.75, 3.05) is 56.5 Å². The molecule has 0 unspecified atom stereocenters. The van der Waals surface area contributed by atoms with Crippen LogP contribution in [0.2, 0.25) is 0 Å². The van der Waals surface area contributed by atoms with Crippen LogP contribution in [0.5, 0.6) is 0 Å². The predicted molar refractivity (Wildman–Crippen MR) is 139 cm³/mol. The highest BCUT2D eigenvalue weighted by atomic mass is 127. The zero-order valence-corrected chi connectivity index (χ0v) is 22.3. The highest BCUT2D eigenvalue weighted by Gasteiger charge is 2.27. The summed E-state index contributed by atoms with van der Waals surface area (Å²) in [4.78, 5) is 7.25. The van der Waals surface area contributed by atoms with Crippen LogP contribution in [0.15, 0.2) is 4.99 Å². The van der Waals surface area contributed by atoms with E-state index in [1.807, 2.05) is 18.7 Å². The maximum atomic E-state index is 12.5. The van der Waals surface area contributed by atoms with E-state index >= 15 is 0 Å². The van der Waals surface area contributed by atoms with Gasteiger partial charge in [-0.2, -0.15) is 11.8 Å². The van der Waals surface area contributed by atoms with Gasteiger partial charge < -0.3 is 15.5 Å². The van der Waals surface area contributed by atoms with Crippen molar-refractivity contribution in [1.82, 2.24) is 19.8 Å². The molecule has 0 aromatic carbocycles. The van der Waals surface area contributed by atoms with Gasteiger partial charge in [0.1, 0.15) is 0 Å². The van der Waals surface area contributed by atoms with Crippen LogP contribution in [0.4, 0.5) is 0 Å². The molecule has 2 saturated heterocycles. The maximum Gasteiger partial charge on any atom is 0.215 e. The van der Waals surface area contributed by atoms with Crippen LogP contribution in [-0.4, -0.2) is 92.2 Å². The molecule has 0 bridgehead atoms. The van der Waals surface area contributed by atoms with Crippen LogP contribution in [0.3, 0.4) is 0 Å². The fraction of sp³-hybridized carbons (Fsp3) is 0.950. The number of thioether (sulfide) groups is 1. The van der Waals surface area contributed by atoms with E-state index in [1.165, 1.54) is 32.1 Å². The lowest BCUT2D eigenvalue weighted by Gasteiger charge is -2.39. The first-order valence-electron chi connectivity index (χ1n) is 11.4. The smallest absolute Gasteiger partial charge is 0.215 e. The van der Waals surface area contributed by atoms with Gasteiger partial charge in [0.05, 0.1) is 12.3 Å². The number of hydrogen-bond acceptors (Lipinski definition) is 5. The Bertz CT molecular complexity index is 615. The number of rotatable bonds is 7. The Morgan fingerprint density at radius 2 is 1.70 bits per heavy atom. The van der Waals surface area contributed by atoms with Crippen LogP contribution >= 0.6 is 35.7 Å². The van der Waals surface area contributed by atoms with Crippen molar-refractivity contribution < 1.29 is 8.42 Å². The van der Waals surface area contributed by atoms with Crippen molar-refractivity contribution in [2.24, 2.45) is 4.99 Å². The summed E-state index contributed by atoms with van der Waals surface area (Å²) in [5, 5.41) is 6.83. The van der Waals surface area contributed by atoms with Gasteiger partial charge in [0.25, 0.3) is 0 Å². The number of sulfonamides is 1. The molecule has 0 atom stereocenters. The van der Waals surface area contributed by atoms with Gasteiger partial charge in [-0.3, -0.25) is 4.99 Å². The number of nitrogens with zero attached hydrogens (tertiary/aromatic N) is 3. The largest absolute Gasteiger partial charge is 0.357 e. The van der Waals surface area contributed by atoms with Crippen LogP contribution in [0.1, 0.15) is 51.9 Å². The number of halogens is 1. The molecule has 7 nitrogen and oxygen atoms in total. The summed E-state index contributed by atoms with van der Waals surface area (Å²) in [6.07, 6.45) is 9.18. The Morgan fingerprint density at radius 3 is 2.33 bits per heavy atom. The number of guanidine groups is 1. The zero-order chi connectivity index (χ0) is 20.5. The van der Waals surface area contributed by atoms with E-state index in [0.29, 0.717) is 25.7 Å². The Labute approximate surface area is 204 Å². The molecule has 0 radical (unpaired) electrons. The van der Waals surface area contributed by atoms with Crippen LogP contribution in [0, 0.1) is 0 Å². The normalized spacial score (nSPS) is 23.7. The Morgan fingerprint density at radius 1 is 1.03 bits per heavy atom. The van der Waals surface area contributed by atoms with E-state index in [0.717, 1.165) is 56.0 Å². The molecular weight excluding hydrogens is 533 g/mol. The number of hydrogen-bond donors (Lipinski definition) is 2. The first kappa shape index (κ1) is 26.5. The van der Waals surface area contributed by atoms with E-state index in [2.05, 4.69) is 20.5 Å². The summed E-state index contributed by atoms with van der Waals surface area (Å²) in [6.45, 7) is 6.71. The highest BCUT2D eigenvalue weighted by molar-refractivity contribution is 14.0. The second-order valence-corrected chi connectivity index (χ2v) is 11.6. The predicted octanol–water partition coefficient (Wildman–Crippen LogP) is 2.34. The molecule has 1 aliphatic carbocycles. The monoisotopic (exact) mass is 573 g/mol. The third-order valence-electron chi connectivity index (χ3n) is 6.29. The summed E-state index contributed by atoms with van der Waals surface area (Å²) < 4.78 is 26.6. The van der Waals surface area contributed by atoms with Crippen molar-refractivity contribution in [3.63, 3.8) is 0 Å². The van der Waals surface area contributed by atoms with Crippen molar-refractivity contribution >= 4 is 51.7 Å². The lowest BCUT2D eigenvalue weighted by atomic mass is 9.92. The summed E-state index contributed by atoms with van der Waals surface area (Å²) in [5.74, 6) is 2.64. The lowest BCUT2D eigenvalue weighted by molar-refractivity contribution is 0.119. The fourth-order valence-corrected chi connectivity index (χ4v) is 7.05. The highest BCUT2D eigenvalue weighted by Crippen LogP contribution is 2.25. The van der Waals surface area contributed by atoms with Crippen LogP contribution < -0.4 is 10.6 Å². The number of piperidine rings is 1. The molecule has 3 fully saturated rings. The Kier molecular flexibility index (Phi) is 12.1. The van der Waals surface area contributed by atoms with Gasteiger partial charge in [0.2, 0.25) is 10.0 Å². The molecule has 2 N–H and O–H groups in total. The first-order valence-corrected chi connectivity index (χ1v) is 14.2. The third-order valence-corrected chi connectivity index (χ3v) is 9.08. The van der Waals surface area contributed by atoms with Gasteiger partial charge in [-0.1, -0.05) is 19.3 Å². The first-order chi connectivity index (χ1) is 14.1. The summed E-state index contributed by atoms with van der Waals surface area (Å²) in [6, 6.07) is 1.22. The van der Waals surface area contributed by atoms with Gasteiger partial charge >= 0.3 is 0 Å². The van der Waals surface area contributed by atoms with Gasteiger partial charge in [0.15, 0.2) is 5.96 Å². The molecule has 0 aromatic heterocycles. The fourth-order valence-electron chi connectivity index (χ4n) is 4.60. The SMILES string of the molecule is CCNC(=NCCS(=O)(=O)N1CCSCC1)NC1CCN(C2CCCCC2)CC1.I. The summed E-state index contributed by atoms with van der Waals surface area (Å²) in [5.41, 5.74) is 0. The minimum atomic E-state index is -3.20. The second-order valence-electron chi connectivity index (χ2n) is 8.33.